The lowest BCUT2D eigenvalue weighted by Gasteiger charge is -2.12. The second kappa shape index (κ2) is 10.3. The summed E-state index contributed by atoms with van der Waals surface area (Å²) in [5.74, 6) is 0.372. The molecule has 0 unspecified atom stereocenters. The van der Waals surface area contributed by atoms with E-state index >= 15 is 0 Å². The first-order valence-corrected chi connectivity index (χ1v) is 9.75. The van der Waals surface area contributed by atoms with Crippen LogP contribution in [0.15, 0.2) is 78.5 Å². The third kappa shape index (κ3) is 5.87. The van der Waals surface area contributed by atoms with Gasteiger partial charge in [-0.05, 0) is 60.2 Å². The normalized spacial score (nSPS) is 10.9. The predicted molar refractivity (Wildman–Crippen MR) is 122 cm³/mol. The zero-order valence-corrected chi connectivity index (χ0v) is 17.8. The molecule has 0 radical (unpaired) electrons. The van der Waals surface area contributed by atoms with Gasteiger partial charge in [-0.3, -0.25) is 9.59 Å². The Labute approximate surface area is 185 Å². The fourth-order valence-corrected chi connectivity index (χ4v) is 2.95. The van der Waals surface area contributed by atoms with E-state index in [4.69, 9.17) is 21.1 Å². The maximum atomic E-state index is 13.0. The number of hydrogen-bond acceptors (Lipinski definition) is 4. The molecule has 2 amide bonds. The van der Waals surface area contributed by atoms with E-state index in [0.717, 1.165) is 0 Å². The number of amides is 2. The second-order valence-corrected chi connectivity index (χ2v) is 6.85. The molecule has 3 aromatic carbocycles. The third-order valence-corrected chi connectivity index (χ3v) is 4.72. The number of anilines is 1. The third-order valence-electron chi connectivity index (χ3n) is 4.39. The molecule has 0 saturated carbocycles. The summed E-state index contributed by atoms with van der Waals surface area (Å²) in [6.07, 6.45) is 1.58. The van der Waals surface area contributed by atoms with E-state index in [9.17, 15) is 9.59 Å². The van der Waals surface area contributed by atoms with Gasteiger partial charge in [-0.25, -0.2) is 0 Å². The van der Waals surface area contributed by atoms with Gasteiger partial charge in [0.2, 0.25) is 0 Å². The van der Waals surface area contributed by atoms with Gasteiger partial charge >= 0.3 is 0 Å². The van der Waals surface area contributed by atoms with Crippen molar-refractivity contribution in [3.05, 3.63) is 94.6 Å². The lowest BCUT2D eigenvalue weighted by molar-refractivity contribution is -0.113. The summed E-state index contributed by atoms with van der Waals surface area (Å²) in [6, 6.07) is 20.6. The van der Waals surface area contributed by atoms with Gasteiger partial charge in [0.05, 0.1) is 24.8 Å². The maximum Gasteiger partial charge on any atom is 0.272 e. The smallest absolute Gasteiger partial charge is 0.272 e. The van der Waals surface area contributed by atoms with E-state index < -0.39 is 11.8 Å². The minimum atomic E-state index is -0.491. The van der Waals surface area contributed by atoms with Crippen LogP contribution in [-0.4, -0.2) is 26.0 Å². The van der Waals surface area contributed by atoms with Crippen LogP contribution in [0.3, 0.4) is 0 Å². The molecule has 3 rings (SSSR count). The summed E-state index contributed by atoms with van der Waals surface area (Å²) in [7, 11) is 3.13. The van der Waals surface area contributed by atoms with Gasteiger partial charge in [0, 0.05) is 5.69 Å². The number of hydrogen-bond donors (Lipinski definition) is 2. The van der Waals surface area contributed by atoms with Crippen molar-refractivity contribution in [3.8, 4) is 11.5 Å². The number of halogens is 1. The van der Waals surface area contributed by atoms with Crippen molar-refractivity contribution in [1.82, 2.24) is 5.32 Å². The van der Waals surface area contributed by atoms with Crippen molar-refractivity contribution < 1.29 is 19.1 Å². The quantitative estimate of drug-likeness (QED) is 0.523. The highest BCUT2D eigenvalue weighted by Crippen LogP contribution is 2.19. The van der Waals surface area contributed by atoms with Crippen molar-refractivity contribution in [1.29, 1.82) is 0 Å². The largest absolute Gasteiger partial charge is 0.497 e. The first kappa shape index (κ1) is 21.9. The molecule has 0 aliphatic rings. The summed E-state index contributed by atoms with van der Waals surface area (Å²) < 4.78 is 10.3. The molecule has 3 aromatic rings. The van der Waals surface area contributed by atoms with E-state index in [1.54, 1.807) is 93.1 Å². The van der Waals surface area contributed by atoms with Gasteiger partial charge in [-0.1, -0.05) is 35.9 Å². The van der Waals surface area contributed by atoms with Crippen LogP contribution in [0.4, 0.5) is 5.69 Å². The SMILES string of the molecule is COc1ccc(/C=C(/NC(=O)c2ccccc2Cl)C(=O)Nc2ccc(OC)cc2)cc1. The molecule has 0 fully saturated rings. The summed E-state index contributed by atoms with van der Waals surface area (Å²) in [4.78, 5) is 25.7. The van der Waals surface area contributed by atoms with Gasteiger partial charge in [-0.2, -0.15) is 0 Å². The highest BCUT2D eigenvalue weighted by molar-refractivity contribution is 6.34. The molecule has 2 N–H and O–H groups in total. The number of ether oxygens (including phenoxy) is 2. The number of benzene rings is 3. The van der Waals surface area contributed by atoms with Gasteiger partial charge in [0.25, 0.3) is 11.8 Å². The molecule has 0 atom stereocenters. The minimum absolute atomic E-state index is 0.0610. The number of nitrogens with one attached hydrogen (secondary N) is 2. The molecule has 0 aromatic heterocycles. The molecule has 0 spiro atoms. The Bertz CT molecular complexity index is 1090. The van der Waals surface area contributed by atoms with Gasteiger partial charge in [0.15, 0.2) is 0 Å². The summed E-state index contributed by atoms with van der Waals surface area (Å²) in [5.41, 5.74) is 1.59. The molecule has 0 saturated heterocycles. The number of carbonyl (C=O) groups is 2. The highest BCUT2D eigenvalue weighted by Gasteiger charge is 2.17. The first-order valence-electron chi connectivity index (χ1n) is 9.37. The van der Waals surface area contributed by atoms with Crippen LogP contribution in [-0.2, 0) is 4.79 Å². The lowest BCUT2D eigenvalue weighted by Crippen LogP contribution is -2.30. The lowest BCUT2D eigenvalue weighted by atomic mass is 10.1. The number of rotatable bonds is 7. The highest BCUT2D eigenvalue weighted by atomic mass is 35.5. The van der Waals surface area contributed by atoms with Crippen LogP contribution in [0, 0.1) is 0 Å². The fourth-order valence-electron chi connectivity index (χ4n) is 2.73. The van der Waals surface area contributed by atoms with E-state index in [1.165, 1.54) is 0 Å². The van der Waals surface area contributed by atoms with E-state index in [-0.39, 0.29) is 11.3 Å². The Morgan fingerprint density at radius 2 is 1.42 bits per heavy atom. The topological polar surface area (TPSA) is 76.7 Å². The fraction of sp³-hybridized carbons (Fsp3) is 0.0833. The zero-order chi connectivity index (χ0) is 22.2. The first-order chi connectivity index (χ1) is 15.0. The average Bonchev–Trinajstić information content (AvgIpc) is 2.79. The molecular formula is C24H21ClN2O4. The van der Waals surface area contributed by atoms with Crippen molar-refractivity contribution >= 4 is 35.2 Å². The van der Waals surface area contributed by atoms with Gasteiger partial charge in [-0.15, -0.1) is 0 Å². The Kier molecular flexibility index (Phi) is 7.30. The Hall–Kier alpha value is -3.77. The standard InChI is InChI=1S/C24H21ClN2O4/c1-30-18-11-7-16(8-12-18)15-22(27-23(28)20-5-3-4-6-21(20)25)24(29)26-17-9-13-19(31-2)14-10-17/h3-15H,1-2H3,(H,26,29)(H,27,28)/b22-15+. The Morgan fingerprint density at radius 1 is 0.839 bits per heavy atom. The van der Waals surface area contributed by atoms with Crippen LogP contribution in [0.1, 0.15) is 15.9 Å². The Balaban J connectivity index is 1.88. The van der Waals surface area contributed by atoms with Crippen LogP contribution < -0.4 is 20.1 Å². The van der Waals surface area contributed by atoms with Crippen LogP contribution in [0.25, 0.3) is 6.08 Å². The number of methoxy groups -OCH3 is 2. The van der Waals surface area contributed by atoms with Crippen LogP contribution in [0.2, 0.25) is 5.02 Å². The maximum absolute atomic E-state index is 13.0. The van der Waals surface area contributed by atoms with Gasteiger partial charge in [0.1, 0.15) is 17.2 Å². The Morgan fingerprint density at radius 3 is 2.00 bits per heavy atom. The monoisotopic (exact) mass is 436 g/mol. The van der Waals surface area contributed by atoms with Gasteiger partial charge < -0.3 is 20.1 Å². The number of carbonyl (C=O) groups excluding carboxylic acids is 2. The molecule has 0 bridgehead atoms. The van der Waals surface area contributed by atoms with E-state index in [2.05, 4.69) is 10.6 Å². The predicted octanol–water partition coefficient (Wildman–Crippen LogP) is 4.77. The van der Waals surface area contributed by atoms with E-state index in [1.807, 2.05) is 0 Å². The van der Waals surface area contributed by atoms with Crippen molar-refractivity contribution in [2.75, 3.05) is 19.5 Å². The molecule has 7 heteroatoms. The average molecular weight is 437 g/mol. The molecule has 0 heterocycles. The molecule has 31 heavy (non-hydrogen) atoms. The summed E-state index contributed by atoms with van der Waals surface area (Å²) in [6.45, 7) is 0. The molecule has 0 aliphatic heterocycles. The van der Waals surface area contributed by atoms with Crippen molar-refractivity contribution in [2.24, 2.45) is 0 Å². The van der Waals surface area contributed by atoms with E-state index in [0.29, 0.717) is 27.8 Å². The minimum Gasteiger partial charge on any atom is -0.497 e. The molecule has 0 aliphatic carbocycles. The zero-order valence-electron chi connectivity index (χ0n) is 17.0. The van der Waals surface area contributed by atoms with Crippen molar-refractivity contribution in [2.45, 2.75) is 0 Å². The second-order valence-electron chi connectivity index (χ2n) is 6.45. The van der Waals surface area contributed by atoms with Crippen LogP contribution >= 0.6 is 11.6 Å². The molecule has 158 valence electrons. The van der Waals surface area contributed by atoms with Crippen LogP contribution in [0.5, 0.6) is 11.5 Å². The van der Waals surface area contributed by atoms with Crippen molar-refractivity contribution in [3.63, 3.8) is 0 Å². The summed E-state index contributed by atoms with van der Waals surface area (Å²) in [5, 5.41) is 5.73. The molecule has 6 nitrogen and oxygen atoms in total. The molecular weight excluding hydrogens is 416 g/mol. The summed E-state index contributed by atoms with van der Waals surface area (Å²) >= 11 is 6.13.